The molecule has 1 fully saturated rings. The Bertz CT molecular complexity index is 875. The molecule has 1 heterocycles. The second kappa shape index (κ2) is 8.22. The average molecular weight is 408 g/mol. The lowest BCUT2D eigenvalue weighted by molar-refractivity contribution is -0.0948. The molecular weight excluding hydrogens is 382 g/mol. The van der Waals surface area contributed by atoms with Gasteiger partial charge in [0.2, 0.25) is 10.0 Å². The Labute approximate surface area is 165 Å². The van der Waals surface area contributed by atoms with Gasteiger partial charge in [-0.2, -0.15) is 0 Å². The molecule has 1 aliphatic heterocycles. The largest absolute Gasteiger partial charge is 0.381 e. The third-order valence-corrected chi connectivity index (χ3v) is 7.19. The number of methoxy groups -OCH3 is 1. The molecule has 3 rings (SSSR count). The van der Waals surface area contributed by atoms with Crippen LogP contribution >= 0.6 is 11.8 Å². The van der Waals surface area contributed by atoms with E-state index in [9.17, 15) is 8.42 Å². The minimum absolute atomic E-state index is 0.281. The Morgan fingerprint density at radius 3 is 2.33 bits per heavy atom. The van der Waals surface area contributed by atoms with Crippen molar-refractivity contribution >= 4 is 27.5 Å². The highest BCUT2D eigenvalue weighted by atomic mass is 32.2. The third-order valence-electron chi connectivity index (χ3n) is 4.98. The van der Waals surface area contributed by atoms with Crippen LogP contribution in [0.1, 0.15) is 18.4 Å². The number of sulfonamides is 1. The van der Waals surface area contributed by atoms with E-state index in [-0.39, 0.29) is 5.60 Å². The summed E-state index contributed by atoms with van der Waals surface area (Å²) in [5, 5.41) is 0. The van der Waals surface area contributed by atoms with Gasteiger partial charge in [-0.25, -0.2) is 8.42 Å². The topological polar surface area (TPSA) is 55.8 Å². The second-order valence-corrected chi connectivity index (χ2v) is 9.83. The van der Waals surface area contributed by atoms with Gasteiger partial charge in [0.15, 0.2) is 0 Å². The summed E-state index contributed by atoms with van der Waals surface area (Å²) in [5.41, 5.74) is 1.54. The lowest BCUT2D eigenvalue weighted by atomic mass is 9.86. The fourth-order valence-corrected chi connectivity index (χ4v) is 4.59. The molecular formula is C20H25NO4S2. The second-order valence-electron chi connectivity index (χ2n) is 6.67. The van der Waals surface area contributed by atoms with Crippen molar-refractivity contribution in [3.05, 3.63) is 54.1 Å². The van der Waals surface area contributed by atoms with Crippen molar-refractivity contribution in [3.63, 3.8) is 0 Å². The molecule has 0 bridgehead atoms. The predicted molar refractivity (Wildman–Crippen MR) is 109 cm³/mol. The molecule has 0 unspecified atom stereocenters. The van der Waals surface area contributed by atoms with Crippen LogP contribution in [0.15, 0.2) is 58.3 Å². The van der Waals surface area contributed by atoms with Crippen LogP contribution in [0.4, 0.5) is 5.69 Å². The van der Waals surface area contributed by atoms with E-state index < -0.39 is 10.0 Å². The highest BCUT2D eigenvalue weighted by molar-refractivity contribution is 7.99. The molecule has 0 saturated carbocycles. The lowest BCUT2D eigenvalue weighted by Gasteiger charge is -2.36. The minimum Gasteiger partial charge on any atom is -0.381 e. The molecule has 0 aromatic heterocycles. The monoisotopic (exact) mass is 407 g/mol. The van der Waals surface area contributed by atoms with Crippen molar-refractivity contribution in [2.45, 2.75) is 28.2 Å². The summed E-state index contributed by atoms with van der Waals surface area (Å²) in [6.07, 6.45) is 2.90. The first-order chi connectivity index (χ1) is 12.8. The average Bonchev–Trinajstić information content (AvgIpc) is 2.68. The van der Waals surface area contributed by atoms with Crippen LogP contribution in [-0.2, 0) is 25.1 Å². The van der Waals surface area contributed by atoms with Gasteiger partial charge in [0.1, 0.15) is 0 Å². The fourth-order valence-electron chi connectivity index (χ4n) is 3.21. The van der Waals surface area contributed by atoms with Gasteiger partial charge in [-0.15, -0.1) is 0 Å². The standard InChI is InChI=1S/C20H25NO4S2/c1-21(27(3,22)23)17-7-9-18(10-8-17)26-19-6-4-5-16(15-19)20(24-2)11-13-25-14-12-20/h4-10,15H,11-14H2,1-3H3. The number of hydrogen-bond acceptors (Lipinski definition) is 5. The van der Waals surface area contributed by atoms with Gasteiger partial charge >= 0.3 is 0 Å². The Morgan fingerprint density at radius 1 is 1.07 bits per heavy atom. The normalized spacial score (nSPS) is 16.9. The minimum atomic E-state index is -3.25. The van der Waals surface area contributed by atoms with Crippen LogP contribution in [0.3, 0.4) is 0 Å². The van der Waals surface area contributed by atoms with Crippen molar-refractivity contribution in [2.75, 3.05) is 37.9 Å². The molecule has 2 aromatic rings. The van der Waals surface area contributed by atoms with Gasteiger partial charge in [-0.3, -0.25) is 4.31 Å². The molecule has 7 heteroatoms. The first-order valence-corrected chi connectivity index (χ1v) is 11.5. The molecule has 27 heavy (non-hydrogen) atoms. The lowest BCUT2D eigenvalue weighted by Crippen LogP contribution is -2.35. The van der Waals surface area contributed by atoms with Crippen LogP contribution in [0.2, 0.25) is 0 Å². The van der Waals surface area contributed by atoms with Crippen molar-refractivity contribution in [2.24, 2.45) is 0 Å². The van der Waals surface area contributed by atoms with Crippen molar-refractivity contribution in [1.29, 1.82) is 0 Å². The number of benzene rings is 2. The van der Waals surface area contributed by atoms with Crippen LogP contribution < -0.4 is 4.31 Å². The van der Waals surface area contributed by atoms with Gasteiger partial charge in [0.05, 0.1) is 17.5 Å². The quantitative estimate of drug-likeness (QED) is 0.727. The molecule has 146 valence electrons. The van der Waals surface area contributed by atoms with Gasteiger partial charge in [0, 0.05) is 50.0 Å². The molecule has 0 spiro atoms. The van der Waals surface area contributed by atoms with E-state index in [0.29, 0.717) is 18.9 Å². The van der Waals surface area contributed by atoms with E-state index in [1.54, 1.807) is 25.9 Å². The van der Waals surface area contributed by atoms with Gasteiger partial charge in [-0.1, -0.05) is 23.9 Å². The summed E-state index contributed by atoms with van der Waals surface area (Å²) in [4.78, 5) is 2.18. The third kappa shape index (κ3) is 4.66. The van der Waals surface area contributed by atoms with E-state index in [2.05, 4.69) is 24.3 Å². The van der Waals surface area contributed by atoms with Crippen molar-refractivity contribution < 1.29 is 17.9 Å². The number of hydrogen-bond donors (Lipinski definition) is 0. The van der Waals surface area contributed by atoms with Crippen LogP contribution in [0.5, 0.6) is 0 Å². The van der Waals surface area contributed by atoms with Gasteiger partial charge in [-0.05, 0) is 42.0 Å². The molecule has 0 amide bonds. The summed E-state index contributed by atoms with van der Waals surface area (Å²) < 4.78 is 36.0. The zero-order chi connectivity index (χ0) is 19.5. The van der Waals surface area contributed by atoms with E-state index in [1.165, 1.54) is 16.1 Å². The summed E-state index contributed by atoms with van der Waals surface area (Å²) in [6, 6.07) is 15.9. The summed E-state index contributed by atoms with van der Waals surface area (Å²) >= 11 is 1.65. The van der Waals surface area contributed by atoms with Crippen LogP contribution in [0.25, 0.3) is 0 Å². The smallest absolute Gasteiger partial charge is 0.231 e. The highest BCUT2D eigenvalue weighted by Gasteiger charge is 2.34. The SMILES string of the molecule is COC1(c2cccc(Sc3ccc(N(C)S(C)(=O)=O)cc3)c2)CCOCC1. The Morgan fingerprint density at radius 2 is 1.74 bits per heavy atom. The summed E-state index contributed by atoms with van der Waals surface area (Å²) in [7, 11) is 0.0676. The summed E-state index contributed by atoms with van der Waals surface area (Å²) in [6.45, 7) is 1.42. The zero-order valence-electron chi connectivity index (χ0n) is 15.8. The van der Waals surface area contributed by atoms with Crippen molar-refractivity contribution in [3.8, 4) is 0 Å². The molecule has 0 radical (unpaired) electrons. The van der Waals surface area contributed by atoms with E-state index in [4.69, 9.17) is 9.47 Å². The molecule has 0 N–H and O–H groups in total. The maximum Gasteiger partial charge on any atom is 0.231 e. The Hall–Kier alpha value is -1.54. The molecule has 0 atom stereocenters. The summed E-state index contributed by atoms with van der Waals surface area (Å²) in [5.74, 6) is 0. The maximum absolute atomic E-state index is 11.7. The number of rotatable bonds is 6. The molecule has 2 aromatic carbocycles. The van der Waals surface area contributed by atoms with E-state index in [0.717, 1.165) is 22.6 Å². The molecule has 5 nitrogen and oxygen atoms in total. The van der Waals surface area contributed by atoms with Crippen molar-refractivity contribution in [1.82, 2.24) is 0 Å². The molecule has 1 saturated heterocycles. The first kappa shape index (κ1) is 20.2. The van der Waals surface area contributed by atoms with Crippen LogP contribution in [0, 0.1) is 0 Å². The van der Waals surface area contributed by atoms with Gasteiger partial charge < -0.3 is 9.47 Å². The number of nitrogens with zero attached hydrogens (tertiary/aromatic N) is 1. The highest BCUT2D eigenvalue weighted by Crippen LogP contribution is 2.38. The van der Waals surface area contributed by atoms with E-state index in [1.807, 2.05) is 24.3 Å². The maximum atomic E-state index is 11.7. The molecule has 0 aliphatic carbocycles. The Balaban J connectivity index is 1.78. The molecule has 1 aliphatic rings. The Kier molecular flexibility index (Phi) is 6.15. The fraction of sp³-hybridized carbons (Fsp3) is 0.400. The zero-order valence-corrected chi connectivity index (χ0v) is 17.5. The number of anilines is 1. The predicted octanol–water partition coefficient (Wildman–Crippen LogP) is 3.89. The van der Waals surface area contributed by atoms with Gasteiger partial charge in [0.25, 0.3) is 0 Å². The van der Waals surface area contributed by atoms with E-state index >= 15 is 0 Å². The first-order valence-electron chi connectivity index (χ1n) is 8.79. The van der Waals surface area contributed by atoms with Crippen LogP contribution in [-0.4, -0.2) is 42.0 Å². The number of ether oxygens (including phenoxy) is 2.